The Kier molecular flexibility index (Phi) is 12.1. The van der Waals surface area contributed by atoms with Crippen molar-refractivity contribution < 1.29 is 55.5 Å². The third-order valence-electron chi connectivity index (χ3n) is 2.23. The minimum atomic E-state index is -2.07. The molecule has 0 rings (SSSR count). The van der Waals surface area contributed by atoms with Crippen molar-refractivity contribution in [3.8, 4) is 0 Å². The lowest BCUT2D eigenvalue weighted by Gasteiger charge is -2.17. The Hall–Kier alpha value is -1.18. The molecule has 0 aliphatic heterocycles. The summed E-state index contributed by atoms with van der Waals surface area (Å²) in [5, 5.41) is 76.3. The van der Waals surface area contributed by atoms with Crippen molar-refractivity contribution in [3.63, 3.8) is 0 Å². The highest BCUT2D eigenvalue weighted by Crippen LogP contribution is 1.99. The van der Waals surface area contributed by atoms with E-state index in [0.29, 0.717) is 0 Å². The molecule has 0 unspecified atom stereocenters. The van der Waals surface area contributed by atoms with E-state index in [4.69, 9.17) is 46.0 Å². The molecule has 0 radical (unpaired) electrons. The molecule has 126 valence electrons. The Morgan fingerprint density at radius 2 is 1.24 bits per heavy atom. The molecule has 0 amide bonds. The number of carbonyl (C=O) groups is 2. The molecule has 0 fully saturated rings. The highest BCUT2D eigenvalue weighted by atomic mass is 16.4. The van der Waals surface area contributed by atoms with E-state index in [1.54, 1.807) is 0 Å². The van der Waals surface area contributed by atoms with Gasteiger partial charge in [0.1, 0.15) is 30.5 Å². The molecular weight excluding hydrogens is 296 g/mol. The van der Waals surface area contributed by atoms with Crippen molar-refractivity contribution in [2.75, 3.05) is 13.2 Å². The van der Waals surface area contributed by atoms with E-state index in [1.807, 2.05) is 0 Å². The minimum Gasteiger partial charge on any atom is -0.479 e. The van der Waals surface area contributed by atoms with Crippen LogP contribution in [0.3, 0.4) is 0 Å². The van der Waals surface area contributed by atoms with Gasteiger partial charge in [-0.2, -0.15) is 0 Å². The molecule has 21 heavy (non-hydrogen) atoms. The monoisotopic (exact) mass is 316 g/mol. The number of aliphatic hydroxyl groups is 8. The summed E-state index contributed by atoms with van der Waals surface area (Å²) < 4.78 is 0. The summed E-state index contributed by atoms with van der Waals surface area (Å²) in [5.41, 5.74) is 0. The number of carboxylic acids is 1. The Morgan fingerprint density at radius 1 is 0.857 bits per heavy atom. The topological polar surface area (TPSA) is 216 Å². The molecule has 0 aromatic carbocycles. The molecule has 0 spiro atoms. The van der Waals surface area contributed by atoms with Gasteiger partial charge in [0.15, 0.2) is 12.4 Å². The van der Waals surface area contributed by atoms with Crippen LogP contribution in [0.25, 0.3) is 0 Å². The van der Waals surface area contributed by atoms with E-state index in [-0.39, 0.29) is 6.29 Å². The van der Waals surface area contributed by atoms with Crippen molar-refractivity contribution in [1.82, 2.24) is 0 Å². The first kappa shape index (κ1) is 22.1. The summed E-state index contributed by atoms with van der Waals surface area (Å²) >= 11 is 0. The number of carboxylic acid groups (broad SMARTS) is 1. The van der Waals surface area contributed by atoms with E-state index in [1.165, 1.54) is 0 Å². The van der Waals surface area contributed by atoms with Crippen LogP contribution in [0.15, 0.2) is 0 Å². The quantitative estimate of drug-likeness (QED) is 0.192. The van der Waals surface area contributed by atoms with Crippen LogP contribution in [0.1, 0.15) is 0 Å². The van der Waals surface area contributed by atoms with Crippen LogP contribution in [0.4, 0.5) is 0 Å². The first-order chi connectivity index (χ1) is 9.63. The van der Waals surface area contributed by atoms with Gasteiger partial charge in [0.2, 0.25) is 0 Å². The van der Waals surface area contributed by atoms with E-state index in [0.717, 1.165) is 0 Å². The zero-order valence-electron chi connectivity index (χ0n) is 10.8. The lowest BCUT2D eigenvalue weighted by molar-refractivity contribution is -0.159. The van der Waals surface area contributed by atoms with Crippen LogP contribution in [-0.4, -0.2) is 108 Å². The minimum absolute atomic E-state index is 0.0869. The van der Waals surface area contributed by atoms with Gasteiger partial charge in [-0.1, -0.05) is 0 Å². The summed E-state index contributed by atoms with van der Waals surface area (Å²) in [6.07, 6.45) is -10.2. The van der Waals surface area contributed by atoms with Crippen molar-refractivity contribution in [2.24, 2.45) is 0 Å². The lowest BCUT2D eigenvalue weighted by atomic mass is 10.1. The molecule has 0 aliphatic rings. The van der Waals surface area contributed by atoms with E-state index in [9.17, 15) is 9.59 Å². The van der Waals surface area contributed by atoms with Gasteiger partial charge in [-0.15, -0.1) is 0 Å². The number of hydrogen-bond donors (Lipinski definition) is 9. The van der Waals surface area contributed by atoms with Crippen LogP contribution in [0.5, 0.6) is 0 Å². The molecule has 9 N–H and O–H groups in total. The summed E-state index contributed by atoms with van der Waals surface area (Å²) in [6, 6.07) is 0. The molecule has 0 aliphatic carbocycles. The number of carbonyl (C=O) groups excluding carboxylic acids is 1. The Labute approximate surface area is 119 Å². The maximum Gasteiger partial charge on any atom is 0.335 e. The third-order valence-corrected chi connectivity index (χ3v) is 2.23. The zero-order chi connectivity index (χ0) is 17.2. The van der Waals surface area contributed by atoms with Crippen molar-refractivity contribution in [1.29, 1.82) is 0 Å². The molecule has 0 aromatic heterocycles. The fourth-order valence-corrected chi connectivity index (χ4v) is 0.881. The zero-order valence-corrected chi connectivity index (χ0v) is 10.8. The molecule has 0 saturated heterocycles. The Morgan fingerprint density at radius 3 is 1.52 bits per heavy atom. The number of rotatable bonds is 8. The molecule has 0 bridgehead atoms. The van der Waals surface area contributed by atoms with Crippen LogP contribution in [0, 0.1) is 0 Å². The first-order valence-corrected chi connectivity index (χ1v) is 5.62. The molecular formula is C10H20O11. The maximum atomic E-state index is 9.96. The largest absolute Gasteiger partial charge is 0.479 e. The SMILES string of the molecule is O=C(O)[C@H](O)[C@H](O)[C@H](O)CO.O=C[C@H](O)[C@H](O)[C@H](O)CO. The summed E-state index contributed by atoms with van der Waals surface area (Å²) in [7, 11) is 0. The molecule has 0 saturated carbocycles. The molecule has 0 heterocycles. The second kappa shape index (κ2) is 11.5. The third kappa shape index (κ3) is 8.64. The smallest absolute Gasteiger partial charge is 0.335 e. The van der Waals surface area contributed by atoms with Gasteiger partial charge in [-0.25, -0.2) is 4.79 Å². The van der Waals surface area contributed by atoms with Crippen LogP contribution >= 0.6 is 0 Å². The van der Waals surface area contributed by atoms with Gasteiger partial charge in [-0.3, -0.25) is 0 Å². The molecule has 11 nitrogen and oxygen atoms in total. The summed E-state index contributed by atoms with van der Waals surface area (Å²) in [4.78, 5) is 19.7. The van der Waals surface area contributed by atoms with Crippen molar-refractivity contribution in [3.05, 3.63) is 0 Å². The highest BCUT2D eigenvalue weighted by molar-refractivity contribution is 5.72. The molecule has 0 aromatic rings. The van der Waals surface area contributed by atoms with Gasteiger partial charge in [0.25, 0.3) is 0 Å². The van der Waals surface area contributed by atoms with Gasteiger partial charge in [0, 0.05) is 0 Å². The molecule has 11 heteroatoms. The predicted octanol–water partition coefficient (Wildman–Crippen LogP) is -5.59. The summed E-state index contributed by atoms with van der Waals surface area (Å²) in [6.45, 7) is -1.49. The van der Waals surface area contributed by atoms with Crippen molar-refractivity contribution >= 4 is 12.3 Å². The first-order valence-electron chi connectivity index (χ1n) is 5.62. The highest BCUT2D eigenvalue weighted by Gasteiger charge is 2.29. The van der Waals surface area contributed by atoms with Crippen LogP contribution in [-0.2, 0) is 9.59 Å². The fraction of sp³-hybridized carbons (Fsp3) is 0.800. The number of aliphatic hydroxyl groups excluding tert-OH is 8. The maximum absolute atomic E-state index is 9.96. The van der Waals surface area contributed by atoms with Gasteiger partial charge in [-0.05, 0) is 0 Å². The number of aldehydes is 1. The lowest BCUT2D eigenvalue weighted by Crippen LogP contribution is -2.43. The normalized spacial score (nSPS) is 19.2. The molecule has 6 atom stereocenters. The Balaban J connectivity index is 0. The number of hydrogen-bond acceptors (Lipinski definition) is 10. The van der Waals surface area contributed by atoms with E-state index in [2.05, 4.69) is 0 Å². The second-order valence-corrected chi connectivity index (χ2v) is 3.89. The van der Waals surface area contributed by atoms with E-state index >= 15 is 0 Å². The van der Waals surface area contributed by atoms with Crippen LogP contribution in [0.2, 0.25) is 0 Å². The van der Waals surface area contributed by atoms with Gasteiger partial charge in [0.05, 0.1) is 13.2 Å². The standard InChI is InChI=1S/C5H10O6.C5H10O5/c6-1-2(7)3(8)4(9)5(10)11;6-1-3(8)5(10)4(9)2-7/h2-4,6-9H,1H2,(H,10,11);1,3-5,7-10H,2H2/t2-,3-,4-;3-,4+,5-/m10/s1. The van der Waals surface area contributed by atoms with Gasteiger partial charge < -0.3 is 50.8 Å². The van der Waals surface area contributed by atoms with Crippen molar-refractivity contribution in [2.45, 2.75) is 36.6 Å². The van der Waals surface area contributed by atoms with E-state index < -0.39 is 55.8 Å². The second-order valence-electron chi connectivity index (χ2n) is 3.89. The fourth-order valence-electron chi connectivity index (χ4n) is 0.881. The predicted molar refractivity (Wildman–Crippen MR) is 63.9 cm³/mol. The average molecular weight is 316 g/mol. The van der Waals surface area contributed by atoms with Gasteiger partial charge >= 0.3 is 5.97 Å². The Bertz CT molecular complexity index is 297. The van der Waals surface area contributed by atoms with Crippen LogP contribution < -0.4 is 0 Å². The average Bonchev–Trinajstić information content (AvgIpc) is 2.50. The number of aliphatic carboxylic acids is 1. The summed E-state index contributed by atoms with van der Waals surface area (Å²) in [5.74, 6) is -1.65.